The van der Waals surface area contributed by atoms with Crippen LogP contribution in [-0.2, 0) is 10.2 Å². The van der Waals surface area contributed by atoms with Crippen LogP contribution in [-0.4, -0.2) is 44.7 Å². The predicted molar refractivity (Wildman–Crippen MR) is 107 cm³/mol. The van der Waals surface area contributed by atoms with Crippen molar-refractivity contribution in [2.75, 3.05) is 26.9 Å². The summed E-state index contributed by atoms with van der Waals surface area (Å²) in [5, 5.41) is 5.79. The molecular formula is C23H24N2O4. The quantitative estimate of drug-likeness (QED) is 0.836. The zero-order chi connectivity index (χ0) is 20.2. The minimum absolute atomic E-state index is 0.153. The standard InChI is InChI=1S/C23H24N2O4/c1-23(14-6-4-3-5-7-14)12-29-20-15(22(27)24-2)8-13(9-18(20)23)21(26)25-19-16-10-28-11-17(16)19/h3-9,16-17,19H,10-12H2,1-2H3,(H,24,27)(H,25,26)/t16-,17+,19?,23?. The molecule has 6 heteroatoms. The first-order valence-electron chi connectivity index (χ1n) is 10.0. The smallest absolute Gasteiger partial charge is 0.254 e. The fraction of sp³-hybridized carbons (Fsp3) is 0.391. The number of benzene rings is 2. The molecule has 2 N–H and O–H groups in total. The van der Waals surface area contributed by atoms with Gasteiger partial charge in [0.1, 0.15) is 12.4 Å². The first kappa shape index (κ1) is 18.2. The molecule has 2 aliphatic heterocycles. The van der Waals surface area contributed by atoms with E-state index >= 15 is 0 Å². The molecule has 2 fully saturated rings. The number of hydrogen-bond donors (Lipinski definition) is 2. The van der Waals surface area contributed by atoms with E-state index in [1.165, 1.54) is 0 Å². The monoisotopic (exact) mass is 392 g/mol. The van der Waals surface area contributed by atoms with Crippen molar-refractivity contribution in [3.63, 3.8) is 0 Å². The van der Waals surface area contributed by atoms with Gasteiger partial charge in [-0.05, 0) is 24.6 Å². The zero-order valence-corrected chi connectivity index (χ0v) is 16.5. The molecule has 6 nitrogen and oxygen atoms in total. The van der Waals surface area contributed by atoms with E-state index < -0.39 is 5.41 Å². The van der Waals surface area contributed by atoms with E-state index in [0.717, 1.165) is 11.1 Å². The van der Waals surface area contributed by atoms with Crippen LogP contribution in [0.4, 0.5) is 0 Å². The molecule has 29 heavy (non-hydrogen) atoms. The van der Waals surface area contributed by atoms with Crippen molar-refractivity contribution >= 4 is 11.8 Å². The molecule has 2 amide bonds. The molecule has 0 radical (unpaired) electrons. The SMILES string of the molecule is CNC(=O)c1cc(C(=O)NC2[C@H]3COC[C@@H]23)cc2c1OCC2(C)c1ccccc1. The Morgan fingerprint density at radius 2 is 1.79 bits per heavy atom. The van der Waals surface area contributed by atoms with E-state index in [1.54, 1.807) is 13.1 Å². The van der Waals surface area contributed by atoms with Gasteiger partial charge in [0, 0.05) is 36.1 Å². The predicted octanol–water partition coefficient (Wildman–Crippen LogP) is 2.12. The zero-order valence-electron chi connectivity index (χ0n) is 16.5. The van der Waals surface area contributed by atoms with Crippen LogP contribution in [0.3, 0.4) is 0 Å². The van der Waals surface area contributed by atoms with Gasteiger partial charge in [-0.2, -0.15) is 0 Å². The van der Waals surface area contributed by atoms with Crippen LogP contribution >= 0.6 is 0 Å². The third-order valence-corrected chi connectivity index (χ3v) is 6.58. The molecule has 150 valence electrons. The van der Waals surface area contributed by atoms with Crippen LogP contribution in [0.5, 0.6) is 5.75 Å². The molecule has 1 saturated carbocycles. The Hall–Kier alpha value is -2.86. The highest BCUT2D eigenvalue weighted by Crippen LogP contribution is 2.46. The van der Waals surface area contributed by atoms with Gasteiger partial charge in [-0.25, -0.2) is 0 Å². The minimum atomic E-state index is -0.431. The summed E-state index contributed by atoms with van der Waals surface area (Å²) in [5.41, 5.74) is 2.41. The van der Waals surface area contributed by atoms with E-state index in [1.807, 2.05) is 24.3 Å². The number of amides is 2. The highest BCUT2D eigenvalue weighted by molar-refractivity contribution is 6.02. The van der Waals surface area contributed by atoms with Crippen LogP contribution in [0.25, 0.3) is 0 Å². The maximum Gasteiger partial charge on any atom is 0.254 e. The van der Waals surface area contributed by atoms with Gasteiger partial charge in [-0.15, -0.1) is 0 Å². The Balaban J connectivity index is 1.54. The van der Waals surface area contributed by atoms with Crippen LogP contribution in [0.2, 0.25) is 0 Å². The minimum Gasteiger partial charge on any atom is -0.491 e. The average molecular weight is 392 g/mol. The highest BCUT2D eigenvalue weighted by atomic mass is 16.5. The Morgan fingerprint density at radius 3 is 2.48 bits per heavy atom. The molecule has 2 unspecified atom stereocenters. The Morgan fingerprint density at radius 1 is 1.07 bits per heavy atom. The van der Waals surface area contributed by atoms with Gasteiger partial charge in [0.15, 0.2) is 0 Å². The van der Waals surface area contributed by atoms with E-state index in [0.29, 0.717) is 48.5 Å². The van der Waals surface area contributed by atoms with Gasteiger partial charge in [0.2, 0.25) is 0 Å². The highest BCUT2D eigenvalue weighted by Gasteiger charge is 2.55. The largest absolute Gasteiger partial charge is 0.491 e. The molecule has 2 aromatic carbocycles. The lowest BCUT2D eigenvalue weighted by molar-refractivity contribution is 0.0929. The lowest BCUT2D eigenvalue weighted by Crippen LogP contribution is -2.31. The molecule has 3 aliphatic rings. The fourth-order valence-corrected chi connectivity index (χ4v) is 4.66. The molecule has 1 aliphatic carbocycles. The van der Waals surface area contributed by atoms with Crippen molar-refractivity contribution in [2.45, 2.75) is 18.4 Å². The summed E-state index contributed by atoms with van der Waals surface area (Å²) in [5.74, 6) is 0.989. The third-order valence-electron chi connectivity index (χ3n) is 6.58. The average Bonchev–Trinajstić information content (AvgIpc) is 3.09. The van der Waals surface area contributed by atoms with Crippen LogP contribution < -0.4 is 15.4 Å². The van der Waals surface area contributed by atoms with Gasteiger partial charge in [-0.1, -0.05) is 30.3 Å². The van der Waals surface area contributed by atoms with Crippen molar-refractivity contribution < 1.29 is 19.1 Å². The lowest BCUT2D eigenvalue weighted by atomic mass is 9.77. The van der Waals surface area contributed by atoms with E-state index in [9.17, 15) is 9.59 Å². The number of carbonyl (C=O) groups is 2. The van der Waals surface area contributed by atoms with Gasteiger partial charge >= 0.3 is 0 Å². The van der Waals surface area contributed by atoms with Crippen LogP contribution in [0.15, 0.2) is 42.5 Å². The second-order valence-corrected chi connectivity index (χ2v) is 8.33. The molecule has 0 spiro atoms. The van der Waals surface area contributed by atoms with Crippen molar-refractivity contribution in [3.05, 3.63) is 64.7 Å². The third kappa shape index (κ3) is 2.82. The Labute approximate surface area is 169 Å². The topological polar surface area (TPSA) is 76.7 Å². The molecule has 2 heterocycles. The Kier molecular flexibility index (Phi) is 4.13. The van der Waals surface area contributed by atoms with Gasteiger partial charge < -0.3 is 20.1 Å². The summed E-state index contributed by atoms with van der Waals surface area (Å²) in [6.07, 6.45) is 0. The summed E-state index contributed by atoms with van der Waals surface area (Å²) >= 11 is 0. The lowest BCUT2D eigenvalue weighted by Gasteiger charge is -2.24. The maximum atomic E-state index is 13.0. The van der Waals surface area contributed by atoms with Crippen molar-refractivity contribution in [3.8, 4) is 5.75 Å². The van der Waals surface area contributed by atoms with Gasteiger partial charge in [0.25, 0.3) is 11.8 Å². The summed E-state index contributed by atoms with van der Waals surface area (Å²) < 4.78 is 11.4. The number of fused-ring (bicyclic) bond motifs is 2. The molecule has 4 atom stereocenters. The van der Waals surface area contributed by atoms with E-state index in [-0.39, 0.29) is 17.9 Å². The first-order chi connectivity index (χ1) is 14.0. The summed E-state index contributed by atoms with van der Waals surface area (Å²) in [6, 6.07) is 13.7. The number of nitrogens with one attached hydrogen (secondary N) is 2. The molecule has 5 rings (SSSR count). The maximum absolute atomic E-state index is 13.0. The van der Waals surface area contributed by atoms with Crippen LogP contribution in [0, 0.1) is 11.8 Å². The first-order valence-corrected chi connectivity index (χ1v) is 10.0. The van der Waals surface area contributed by atoms with Gasteiger partial charge in [0.05, 0.1) is 24.2 Å². The second kappa shape index (κ2) is 6.59. The van der Waals surface area contributed by atoms with E-state index in [4.69, 9.17) is 9.47 Å². The Bertz CT molecular complexity index is 980. The van der Waals surface area contributed by atoms with Crippen molar-refractivity contribution in [1.82, 2.24) is 10.6 Å². The summed E-state index contributed by atoms with van der Waals surface area (Å²) in [4.78, 5) is 25.6. The number of ether oxygens (including phenoxy) is 2. The normalized spacial score (nSPS) is 28.8. The molecule has 2 aromatic rings. The number of rotatable bonds is 4. The summed E-state index contributed by atoms with van der Waals surface area (Å²) in [7, 11) is 1.58. The summed E-state index contributed by atoms with van der Waals surface area (Å²) in [6.45, 7) is 3.93. The van der Waals surface area contributed by atoms with Crippen molar-refractivity contribution in [2.24, 2.45) is 11.8 Å². The van der Waals surface area contributed by atoms with Gasteiger partial charge in [-0.3, -0.25) is 9.59 Å². The molecule has 1 saturated heterocycles. The molecule has 0 bridgehead atoms. The molecule has 0 aromatic heterocycles. The number of hydrogen-bond acceptors (Lipinski definition) is 4. The molecular weight excluding hydrogens is 368 g/mol. The van der Waals surface area contributed by atoms with E-state index in [2.05, 4.69) is 29.7 Å². The second-order valence-electron chi connectivity index (χ2n) is 8.33. The fourth-order valence-electron chi connectivity index (χ4n) is 4.66. The van der Waals surface area contributed by atoms with Crippen LogP contribution in [0.1, 0.15) is 38.8 Å². The number of carbonyl (C=O) groups excluding carboxylic acids is 2. The van der Waals surface area contributed by atoms with Crippen molar-refractivity contribution in [1.29, 1.82) is 0 Å².